The highest BCUT2D eigenvalue weighted by Crippen LogP contribution is 2.47. The van der Waals surface area contributed by atoms with E-state index in [1.54, 1.807) is 25.4 Å². The van der Waals surface area contributed by atoms with Gasteiger partial charge in [-0.2, -0.15) is 0 Å². The summed E-state index contributed by atoms with van der Waals surface area (Å²) in [5.74, 6) is 2.26. The maximum atomic E-state index is 13.0. The molecule has 2 aliphatic heterocycles. The number of rotatable bonds is 1. The third-order valence-electron chi connectivity index (χ3n) is 4.21. The van der Waals surface area contributed by atoms with E-state index in [1.165, 1.54) is 0 Å². The number of hydrogen-bond acceptors (Lipinski definition) is 6. The number of hydrogen-bond donors (Lipinski definition) is 0. The Hall–Kier alpha value is -3.28. The Bertz CT molecular complexity index is 1030. The maximum Gasteiger partial charge on any atom is 0.231 e. The number of benzene rings is 2. The molecular weight excluding hydrogens is 310 g/mol. The first-order valence-electron chi connectivity index (χ1n) is 7.38. The van der Waals surface area contributed by atoms with Crippen LogP contribution in [0.2, 0.25) is 0 Å². The van der Waals surface area contributed by atoms with Crippen molar-refractivity contribution >= 4 is 16.6 Å². The van der Waals surface area contributed by atoms with E-state index in [9.17, 15) is 4.79 Å². The number of carbonyl (C=O) groups is 1. The van der Waals surface area contributed by atoms with Gasteiger partial charge in [0, 0.05) is 12.3 Å². The molecule has 1 aromatic heterocycles. The third-order valence-corrected chi connectivity index (χ3v) is 4.21. The zero-order valence-corrected chi connectivity index (χ0v) is 12.7. The van der Waals surface area contributed by atoms with Gasteiger partial charge in [0.25, 0.3) is 0 Å². The van der Waals surface area contributed by atoms with E-state index in [-0.39, 0.29) is 12.6 Å². The Balaban J connectivity index is 1.87. The van der Waals surface area contributed by atoms with Gasteiger partial charge in [0.15, 0.2) is 23.0 Å². The van der Waals surface area contributed by atoms with Crippen LogP contribution in [0.4, 0.5) is 0 Å². The van der Waals surface area contributed by atoms with Crippen LogP contribution in [-0.2, 0) is 0 Å². The van der Waals surface area contributed by atoms with Crippen LogP contribution in [0.15, 0.2) is 36.5 Å². The lowest BCUT2D eigenvalue weighted by Crippen LogP contribution is -2.04. The van der Waals surface area contributed by atoms with Crippen LogP contribution in [0.3, 0.4) is 0 Å². The Labute approximate surface area is 136 Å². The molecule has 5 rings (SSSR count). The average molecular weight is 321 g/mol. The average Bonchev–Trinajstić information content (AvgIpc) is 3.03. The fourth-order valence-electron chi connectivity index (χ4n) is 3.08. The summed E-state index contributed by atoms with van der Waals surface area (Å²) in [7, 11) is 1.56. The number of ether oxygens (including phenoxy) is 4. The summed E-state index contributed by atoms with van der Waals surface area (Å²) in [6.45, 7) is 0.125. The number of pyridine rings is 1. The molecule has 3 aromatic rings. The van der Waals surface area contributed by atoms with E-state index in [0.29, 0.717) is 45.4 Å². The summed E-state index contributed by atoms with van der Waals surface area (Å²) in [6.07, 6.45) is 1.61. The molecular formula is C18H11NO5. The topological polar surface area (TPSA) is 66.9 Å². The number of methoxy groups -OCH3 is 1. The third kappa shape index (κ3) is 1.65. The molecule has 24 heavy (non-hydrogen) atoms. The van der Waals surface area contributed by atoms with Crippen LogP contribution in [0.25, 0.3) is 10.8 Å². The number of nitrogens with zero attached hydrogens (tertiary/aromatic N) is 1. The predicted molar refractivity (Wildman–Crippen MR) is 84.4 cm³/mol. The van der Waals surface area contributed by atoms with E-state index in [1.807, 2.05) is 18.2 Å². The monoisotopic (exact) mass is 321 g/mol. The molecule has 0 saturated heterocycles. The van der Waals surface area contributed by atoms with E-state index < -0.39 is 0 Å². The van der Waals surface area contributed by atoms with Crippen molar-refractivity contribution in [1.82, 2.24) is 4.98 Å². The van der Waals surface area contributed by atoms with Crippen molar-refractivity contribution in [2.45, 2.75) is 0 Å². The minimum absolute atomic E-state index is 0.125. The van der Waals surface area contributed by atoms with Gasteiger partial charge >= 0.3 is 0 Å². The molecule has 2 aromatic carbocycles. The molecule has 118 valence electrons. The minimum Gasteiger partial charge on any atom is -0.493 e. The number of ketones is 1. The zero-order valence-electron chi connectivity index (χ0n) is 12.7. The molecule has 6 nitrogen and oxygen atoms in total. The summed E-state index contributed by atoms with van der Waals surface area (Å²) in [4.78, 5) is 17.3. The summed E-state index contributed by atoms with van der Waals surface area (Å²) in [5.41, 5.74) is 0.719. The molecule has 2 aliphatic rings. The van der Waals surface area contributed by atoms with E-state index in [2.05, 4.69) is 4.98 Å². The standard InChI is InChI=1S/C18H11NO5/c1-21-11-3-2-9-4-5-19-16-15(9)18(11)24-12-7-14-13(22-8-23-14)6-10(12)17(16)20/h2-7H,8H2,1H3. The van der Waals surface area contributed by atoms with Gasteiger partial charge in [0.2, 0.25) is 12.6 Å². The Morgan fingerprint density at radius 1 is 1.08 bits per heavy atom. The summed E-state index contributed by atoms with van der Waals surface area (Å²) in [6, 6.07) is 8.82. The van der Waals surface area contributed by atoms with Crippen LogP contribution >= 0.6 is 0 Å². The second-order valence-electron chi connectivity index (χ2n) is 5.49. The first-order chi connectivity index (χ1) is 11.8. The highest BCUT2D eigenvalue weighted by Gasteiger charge is 2.30. The quantitative estimate of drug-likeness (QED) is 0.536. The van der Waals surface area contributed by atoms with E-state index in [0.717, 1.165) is 5.39 Å². The van der Waals surface area contributed by atoms with Crippen molar-refractivity contribution in [3.63, 3.8) is 0 Å². The second kappa shape index (κ2) is 4.61. The van der Waals surface area contributed by atoms with Crippen LogP contribution < -0.4 is 18.9 Å². The molecule has 0 aliphatic carbocycles. The lowest BCUT2D eigenvalue weighted by atomic mass is 10.0. The van der Waals surface area contributed by atoms with Crippen LogP contribution in [0, 0.1) is 0 Å². The largest absolute Gasteiger partial charge is 0.493 e. The molecule has 3 heterocycles. The van der Waals surface area contributed by atoms with Crippen molar-refractivity contribution < 1.29 is 23.7 Å². The lowest BCUT2D eigenvalue weighted by molar-refractivity contribution is 0.103. The van der Waals surface area contributed by atoms with E-state index in [4.69, 9.17) is 18.9 Å². The SMILES string of the molecule is COc1ccc2ccnc3c2c1Oc1cc2c(cc1C3=O)OCO2. The molecule has 0 amide bonds. The lowest BCUT2D eigenvalue weighted by Gasteiger charge is -2.12. The molecule has 0 atom stereocenters. The predicted octanol–water partition coefficient (Wildman–Crippen LogP) is 3.31. The van der Waals surface area contributed by atoms with E-state index >= 15 is 0 Å². The van der Waals surface area contributed by atoms with Gasteiger partial charge in [-0.25, -0.2) is 0 Å². The van der Waals surface area contributed by atoms with Crippen molar-refractivity contribution in [3.05, 3.63) is 47.8 Å². The highest BCUT2D eigenvalue weighted by atomic mass is 16.7. The molecule has 0 bridgehead atoms. The van der Waals surface area contributed by atoms with Crippen molar-refractivity contribution in [3.8, 4) is 28.7 Å². The smallest absolute Gasteiger partial charge is 0.231 e. The van der Waals surface area contributed by atoms with Crippen LogP contribution in [0.1, 0.15) is 16.1 Å². The van der Waals surface area contributed by atoms with Crippen molar-refractivity contribution in [2.24, 2.45) is 0 Å². The maximum absolute atomic E-state index is 13.0. The molecule has 0 unspecified atom stereocenters. The fraction of sp³-hybridized carbons (Fsp3) is 0.111. The summed E-state index contributed by atoms with van der Waals surface area (Å²) < 4.78 is 22.2. The molecule has 0 fully saturated rings. The molecule has 0 radical (unpaired) electrons. The Kier molecular flexibility index (Phi) is 2.53. The molecule has 0 spiro atoms. The van der Waals surface area contributed by atoms with Gasteiger partial charge in [-0.1, -0.05) is 6.07 Å². The van der Waals surface area contributed by atoms with Gasteiger partial charge in [-0.05, 0) is 23.6 Å². The first-order valence-corrected chi connectivity index (χ1v) is 7.38. The van der Waals surface area contributed by atoms with Gasteiger partial charge < -0.3 is 18.9 Å². The second-order valence-corrected chi connectivity index (χ2v) is 5.49. The van der Waals surface area contributed by atoms with Gasteiger partial charge in [0.1, 0.15) is 11.4 Å². The highest BCUT2D eigenvalue weighted by molar-refractivity contribution is 6.19. The van der Waals surface area contributed by atoms with Gasteiger partial charge in [-0.3, -0.25) is 9.78 Å². The Morgan fingerprint density at radius 2 is 1.92 bits per heavy atom. The first kappa shape index (κ1) is 13.2. The number of aromatic nitrogens is 1. The van der Waals surface area contributed by atoms with Crippen LogP contribution in [-0.4, -0.2) is 24.7 Å². The number of carbonyl (C=O) groups excluding carboxylic acids is 1. The minimum atomic E-state index is -0.221. The van der Waals surface area contributed by atoms with Crippen LogP contribution in [0.5, 0.6) is 28.7 Å². The van der Waals surface area contributed by atoms with Crippen molar-refractivity contribution in [2.75, 3.05) is 13.9 Å². The normalized spacial score (nSPS) is 14.1. The summed E-state index contributed by atoms with van der Waals surface area (Å²) in [5, 5.41) is 1.50. The van der Waals surface area contributed by atoms with Gasteiger partial charge in [-0.15, -0.1) is 0 Å². The fourth-order valence-corrected chi connectivity index (χ4v) is 3.08. The van der Waals surface area contributed by atoms with Crippen molar-refractivity contribution in [1.29, 1.82) is 0 Å². The molecule has 0 saturated carbocycles. The summed E-state index contributed by atoms with van der Waals surface area (Å²) >= 11 is 0. The Morgan fingerprint density at radius 3 is 2.75 bits per heavy atom. The number of fused-ring (bicyclic) bond motifs is 2. The van der Waals surface area contributed by atoms with Gasteiger partial charge in [0.05, 0.1) is 18.1 Å². The molecule has 6 heteroatoms. The molecule has 0 N–H and O–H groups in total. The zero-order chi connectivity index (χ0) is 16.3.